The molecule has 1 N–H and O–H groups in total. The molecule has 0 saturated carbocycles. The Morgan fingerprint density at radius 1 is 1.24 bits per heavy atom. The van der Waals surface area contributed by atoms with E-state index in [2.05, 4.69) is 20.9 Å². The molecule has 1 aliphatic heterocycles. The lowest BCUT2D eigenvalue weighted by atomic mass is 10.1. The summed E-state index contributed by atoms with van der Waals surface area (Å²) in [6.45, 7) is 4.10. The zero-order chi connectivity index (χ0) is 17.2. The highest BCUT2D eigenvalue weighted by molar-refractivity contribution is 5.89. The van der Waals surface area contributed by atoms with Crippen molar-refractivity contribution in [1.82, 2.24) is 9.97 Å². The van der Waals surface area contributed by atoms with Crippen LogP contribution in [-0.2, 0) is 0 Å². The van der Waals surface area contributed by atoms with Crippen LogP contribution < -0.4 is 4.90 Å². The number of hydrogen-bond acceptors (Lipinski definition) is 4. The predicted molar refractivity (Wildman–Crippen MR) is 99.1 cm³/mol. The molecule has 3 heterocycles. The van der Waals surface area contributed by atoms with Gasteiger partial charge in [0, 0.05) is 25.2 Å². The number of aryl methyl sites for hydroxylation is 1. The van der Waals surface area contributed by atoms with Gasteiger partial charge in [0.25, 0.3) is 0 Å². The van der Waals surface area contributed by atoms with Gasteiger partial charge in [0.05, 0.1) is 16.6 Å². The van der Waals surface area contributed by atoms with Crippen molar-refractivity contribution in [3.63, 3.8) is 0 Å². The van der Waals surface area contributed by atoms with Crippen molar-refractivity contribution in [3.8, 4) is 6.07 Å². The number of anilines is 1. The molecule has 0 atom stereocenters. The summed E-state index contributed by atoms with van der Waals surface area (Å²) in [6, 6.07) is 12.1. The summed E-state index contributed by atoms with van der Waals surface area (Å²) in [4.78, 5) is 10.0. The highest BCUT2D eigenvalue weighted by Crippen LogP contribution is 2.25. The van der Waals surface area contributed by atoms with E-state index in [0.29, 0.717) is 17.2 Å². The van der Waals surface area contributed by atoms with Crippen LogP contribution in [0.5, 0.6) is 0 Å². The van der Waals surface area contributed by atoms with Gasteiger partial charge in [0.2, 0.25) is 0 Å². The minimum absolute atomic E-state index is 0.466. The van der Waals surface area contributed by atoms with E-state index in [0.717, 1.165) is 35.6 Å². The van der Waals surface area contributed by atoms with E-state index in [9.17, 15) is 5.26 Å². The summed E-state index contributed by atoms with van der Waals surface area (Å²) in [6.07, 6.45) is 5.44. The van der Waals surface area contributed by atoms with Gasteiger partial charge in [0.15, 0.2) is 5.88 Å². The molecule has 1 aromatic carbocycles. The van der Waals surface area contributed by atoms with Gasteiger partial charge in [-0.3, -0.25) is 0 Å². The second kappa shape index (κ2) is 6.48. The van der Waals surface area contributed by atoms with Gasteiger partial charge in [-0.05, 0) is 49.9 Å². The van der Waals surface area contributed by atoms with Crippen molar-refractivity contribution >= 4 is 28.6 Å². The quantitative estimate of drug-likeness (QED) is 0.716. The molecule has 25 heavy (non-hydrogen) atoms. The summed E-state index contributed by atoms with van der Waals surface area (Å²) in [7, 11) is 0. The van der Waals surface area contributed by atoms with E-state index in [1.807, 2.05) is 37.3 Å². The van der Waals surface area contributed by atoms with Crippen LogP contribution >= 0.6 is 0 Å². The minimum Gasteiger partial charge on any atom is -0.441 e. The van der Waals surface area contributed by atoms with Gasteiger partial charge in [0.1, 0.15) is 17.7 Å². The Kier molecular flexibility index (Phi) is 4.02. The minimum atomic E-state index is 0.466. The number of furan rings is 1. The van der Waals surface area contributed by atoms with Crippen LogP contribution in [0.25, 0.3) is 22.7 Å². The van der Waals surface area contributed by atoms with Gasteiger partial charge in [-0.2, -0.15) is 5.26 Å². The maximum Gasteiger partial charge on any atom is 0.196 e. The number of H-pyrrole nitrogens is 1. The van der Waals surface area contributed by atoms with Crippen molar-refractivity contribution in [2.24, 2.45) is 0 Å². The molecule has 5 nitrogen and oxygen atoms in total. The lowest BCUT2D eigenvalue weighted by molar-refractivity contribution is 0.496. The number of nitriles is 1. The maximum atomic E-state index is 9.55. The third-order valence-corrected chi connectivity index (χ3v) is 4.58. The fraction of sp³-hybridized carbons (Fsp3) is 0.300. The topological polar surface area (TPSA) is 68.8 Å². The van der Waals surface area contributed by atoms with Crippen LogP contribution in [-0.4, -0.2) is 23.1 Å². The highest BCUT2D eigenvalue weighted by Gasteiger charge is 2.15. The molecule has 1 aliphatic rings. The van der Waals surface area contributed by atoms with Crippen molar-refractivity contribution in [2.45, 2.75) is 26.2 Å². The molecule has 0 unspecified atom stereocenters. The van der Waals surface area contributed by atoms with E-state index < -0.39 is 0 Å². The number of benzene rings is 1. The van der Waals surface area contributed by atoms with E-state index in [1.165, 1.54) is 19.3 Å². The highest BCUT2D eigenvalue weighted by atomic mass is 16.4. The fourth-order valence-electron chi connectivity index (χ4n) is 3.25. The second-order valence-electron chi connectivity index (χ2n) is 6.50. The number of nitrogens with zero attached hydrogens (tertiary/aromatic N) is 3. The summed E-state index contributed by atoms with van der Waals surface area (Å²) in [5, 5.41) is 9.55. The molecule has 3 aromatic rings. The van der Waals surface area contributed by atoms with E-state index in [1.54, 1.807) is 6.08 Å². The molecule has 1 saturated heterocycles. The van der Waals surface area contributed by atoms with E-state index in [4.69, 9.17) is 4.42 Å². The third-order valence-electron chi connectivity index (χ3n) is 4.58. The van der Waals surface area contributed by atoms with Crippen LogP contribution in [0.15, 0.2) is 34.7 Å². The van der Waals surface area contributed by atoms with Crippen LogP contribution in [0.4, 0.5) is 5.88 Å². The smallest absolute Gasteiger partial charge is 0.196 e. The summed E-state index contributed by atoms with van der Waals surface area (Å²) in [5.74, 6) is 2.12. The standard InChI is InChI=1S/C20H20N4O/c1-14-5-7-17-18(11-14)23-20(22-17)15(13-21)12-16-6-8-19(25-16)24-9-3-2-4-10-24/h5-8,11-12H,2-4,9-10H2,1H3,(H,22,23). The first-order valence-corrected chi connectivity index (χ1v) is 8.66. The number of piperidine rings is 1. The SMILES string of the molecule is Cc1ccc2nc(C(C#N)=Cc3ccc(N4CCCCC4)o3)[nH]c2c1. The molecule has 0 spiro atoms. The monoisotopic (exact) mass is 332 g/mol. The van der Waals surface area contributed by atoms with Crippen LogP contribution in [0.1, 0.15) is 36.4 Å². The Balaban J connectivity index is 1.63. The zero-order valence-electron chi connectivity index (χ0n) is 14.2. The zero-order valence-corrected chi connectivity index (χ0v) is 14.2. The van der Waals surface area contributed by atoms with Crippen molar-refractivity contribution in [2.75, 3.05) is 18.0 Å². The van der Waals surface area contributed by atoms with Crippen molar-refractivity contribution in [1.29, 1.82) is 5.26 Å². The fourth-order valence-corrected chi connectivity index (χ4v) is 3.25. The maximum absolute atomic E-state index is 9.55. The average Bonchev–Trinajstić information content (AvgIpc) is 3.26. The number of aromatic amines is 1. The van der Waals surface area contributed by atoms with Crippen molar-refractivity contribution < 1.29 is 4.42 Å². The van der Waals surface area contributed by atoms with Crippen LogP contribution in [0.2, 0.25) is 0 Å². The summed E-state index contributed by atoms with van der Waals surface area (Å²) in [5.41, 5.74) is 3.41. The molecule has 0 radical (unpaired) electrons. The van der Waals surface area contributed by atoms with Crippen LogP contribution in [0.3, 0.4) is 0 Å². The Hall–Kier alpha value is -3.00. The number of nitrogens with one attached hydrogen (secondary N) is 1. The lowest BCUT2D eigenvalue weighted by Crippen LogP contribution is -2.28. The average molecular weight is 332 g/mol. The lowest BCUT2D eigenvalue weighted by Gasteiger charge is -2.25. The number of aromatic nitrogens is 2. The molecule has 126 valence electrons. The summed E-state index contributed by atoms with van der Waals surface area (Å²) < 4.78 is 5.93. The molecule has 1 fully saturated rings. The van der Waals surface area contributed by atoms with Crippen LogP contribution in [0, 0.1) is 18.3 Å². The number of fused-ring (bicyclic) bond motifs is 1. The Morgan fingerprint density at radius 3 is 2.88 bits per heavy atom. The number of hydrogen-bond donors (Lipinski definition) is 1. The molecular formula is C20H20N4O. The normalized spacial score (nSPS) is 15.5. The number of allylic oxidation sites excluding steroid dienone is 1. The Labute approximate surface area is 146 Å². The first kappa shape index (κ1) is 15.5. The van der Waals surface area contributed by atoms with Gasteiger partial charge in [-0.1, -0.05) is 6.07 Å². The molecule has 0 bridgehead atoms. The largest absolute Gasteiger partial charge is 0.441 e. The Morgan fingerprint density at radius 2 is 2.08 bits per heavy atom. The number of imidazole rings is 1. The third kappa shape index (κ3) is 3.16. The molecule has 4 rings (SSSR count). The predicted octanol–water partition coefficient (Wildman–Crippen LogP) is 4.52. The molecule has 2 aromatic heterocycles. The molecule has 5 heteroatoms. The van der Waals surface area contributed by atoms with Gasteiger partial charge in [-0.25, -0.2) is 4.98 Å². The van der Waals surface area contributed by atoms with Gasteiger partial charge >= 0.3 is 0 Å². The molecular weight excluding hydrogens is 312 g/mol. The van der Waals surface area contributed by atoms with Gasteiger partial charge in [-0.15, -0.1) is 0 Å². The first-order valence-electron chi connectivity index (χ1n) is 8.66. The first-order chi connectivity index (χ1) is 12.2. The van der Waals surface area contributed by atoms with E-state index in [-0.39, 0.29) is 0 Å². The summed E-state index contributed by atoms with van der Waals surface area (Å²) >= 11 is 0. The Bertz CT molecular complexity index is 967. The number of rotatable bonds is 3. The van der Waals surface area contributed by atoms with Crippen molar-refractivity contribution in [3.05, 3.63) is 47.5 Å². The van der Waals surface area contributed by atoms with Gasteiger partial charge < -0.3 is 14.3 Å². The second-order valence-corrected chi connectivity index (χ2v) is 6.50. The molecule has 0 aliphatic carbocycles. The molecule has 0 amide bonds. The van der Waals surface area contributed by atoms with E-state index >= 15 is 0 Å².